The number of carbonyl (C=O) groups is 1. The van der Waals surface area contributed by atoms with Crippen LogP contribution in [-0.2, 0) is 6.42 Å². The van der Waals surface area contributed by atoms with Gasteiger partial charge in [-0.3, -0.25) is 5.43 Å². The molecule has 1 heterocycles. The lowest BCUT2D eigenvalue weighted by Gasteiger charge is -2.10. The molecule has 0 amide bonds. The van der Waals surface area contributed by atoms with Crippen molar-refractivity contribution >= 4 is 17.9 Å². The van der Waals surface area contributed by atoms with Gasteiger partial charge in [0, 0.05) is 17.5 Å². The summed E-state index contributed by atoms with van der Waals surface area (Å²) in [5, 5.41) is 14.9. The Balaban J connectivity index is 1.76. The molecule has 0 saturated carbocycles. The monoisotopic (exact) mass is 339 g/mol. The summed E-state index contributed by atoms with van der Waals surface area (Å²) in [6.07, 6.45) is 2.69. The number of aromatic carboxylic acids is 1. The first-order chi connectivity index (χ1) is 12.1. The largest absolute Gasteiger partial charge is 0.545 e. The number of rotatable bonds is 6. The highest BCUT2D eigenvalue weighted by atomic mass is 16.5. The van der Waals surface area contributed by atoms with Crippen LogP contribution in [0.5, 0.6) is 11.5 Å². The van der Waals surface area contributed by atoms with Crippen LogP contribution in [0.1, 0.15) is 35.3 Å². The first-order valence-electron chi connectivity index (χ1n) is 8.13. The first-order valence-corrected chi connectivity index (χ1v) is 8.13. The quantitative estimate of drug-likeness (QED) is 0.644. The predicted molar refractivity (Wildman–Crippen MR) is 93.4 cm³/mol. The van der Waals surface area contributed by atoms with Crippen LogP contribution in [0.2, 0.25) is 0 Å². The second kappa shape index (κ2) is 7.25. The smallest absolute Gasteiger partial charge is 0.128 e. The molecule has 1 N–H and O–H groups in total. The summed E-state index contributed by atoms with van der Waals surface area (Å²) in [4.78, 5) is 10.7. The number of fused-ring (bicyclic) bond motifs is 1. The summed E-state index contributed by atoms with van der Waals surface area (Å²) < 4.78 is 11.5. The fourth-order valence-electron chi connectivity index (χ4n) is 2.69. The fraction of sp³-hybridized carbons (Fsp3) is 0.263. The molecule has 1 atom stereocenters. The number of carboxylic acids is 1. The van der Waals surface area contributed by atoms with Crippen LogP contribution in [0.4, 0.5) is 5.69 Å². The Hall–Kier alpha value is -3.02. The van der Waals surface area contributed by atoms with E-state index in [4.69, 9.17) is 9.47 Å². The molecule has 0 radical (unpaired) electrons. The standard InChI is InChI=1S/C19H20N2O4/c1-3-24-17-9-14-8-12(2)25-18(14)10-15(17)11-20-21-16-6-4-13(5-7-16)19(22)23/h4-7,9-12,21H,3,8H2,1-2H3,(H,22,23)/p-1/b20-11-/t12-/m1/s1. The second-order valence-electron chi connectivity index (χ2n) is 5.80. The lowest BCUT2D eigenvalue weighted by Crippen LogP contribution is -2.21. The Bertz CT molecular complexity index is 800. The summed E-state index contributed by atoms with van der Waals surface area (Å²) >= 11 is 0. The molecule has 1 aliphatic heterocycles. The zero-order valence-electron chi connectivity index (χ0n) is 14.1. The molecule has 0 aromatic heterocycles. The lowest BCUT2D eigenvalue weighted by atomic mass is 10.1. The van der Waals surface area contributed by atoms with Gasteiger partial charge < -0.3 is 19.4 Å². The first kappa shape index (κ1) is 16.8. The van der Waals surface area contributed by atoms with Crippen molar-refractivity contribution in [1.82, 2.24) is 0 Å². The molecule has 2 aromatic carbocycles. The summed E-state index contributed by atoms with van der Waals surface area (Å²) in [6, 6.07) is 10.1. The molecule has 0 aliphatic carbocycles. The fourth-order valence-corrected chi connectivity index (χ4v) is 2.69. The molecule has 0 unspecified atom stereocenters. The van der Waals surface area contributed by atoms with Crippen molar-refractivity contribution in [2.45, 2.75) is 26.4 Å². The maximum absolute atomic E-state index is 10.7. The van der Waals surface area contributed by atoms with Gasteiger partial charge in [0.25, 0.3) is 0 Å². The molecule has 0 bridgehead atoms. The van der Waals surface area contributed by atoms with E-state index in [0.29, 0.717) is 12.3 Å². The van der Waals surface area contributed by atoms with Crippen molar-refractivity contribution in [3.63, 3.8) is 0 Å². The molecule has 0 saturated heterocycles. The van der Waals surface area contributed by atoms with Gasteiger partial charge in [-0.15, -0.1) is 0 Å². The number of hydrogen-bond donors (Lipinski definition) is 1. The van der Waals surface area contributed by atoms with Gasteiger partial charge in [-0.05, 0) is 43.7 Å². The third kappa shape index (κ3) is 3.91. The minimum Gasteiger partial charge on any atom is -0.545 e. The molecular formula is C19H19N2O4-. The maximum Gasteiger partial charge on any atom is 0.128 e. The van der Waals surface area contributed by atoms with E-state index in [2.05, 4.69) is 10.5 Å². The number of anilines is 1. The highest BCUT2D eigenvalue weighted by Gasteiger charge is 2.21. The molecule has 0 fully saturated rings. The average molecular weight is 339 g/mol. The minimum atomic E-state index is -1.20. The SMILES string of the molecule is CCOc1cc2c(cc1/C=N\Nc1ccc(C(=O)[O-])cc1)O[C@H](C)C2. The van der Waals surface area contributed by atoms with Crippen LogP contribution in [0.25, 0.3) is 0 Å². The molecule has 25 heavy (non-hydrogen) atoms. The van der Waals surface area contributed by atoms with E-state index in [1.54, 1.807) is 18.3 Å². The highest BCUT2D eigenvalue weighted by molar-refractivity contribution is 5.87. The average Bonchev–Trinajstić information content (AvgIpc) is 2.94. The van der Waals surface area contributed by atoms with Crippen molar-refractivity contribution in [3.05, 3.63) is 53.1 Å². The highest BCUT2D eigenvalue weighted by Crippen LogP contribution is 2.34. The van der Waals surface area contributed by atoms with Gasteiger partial charge in [0.15, 0.2) is 0 Å². The van der Waals surface area contributed by atoms with E-state index < -0.39 is 5.97 Å². The van der Waals surface area contributed by atoms with Crippen molar-refractivity contribution in [1.29, 1.82) is 0 Å². The molecule has 6 heteroatoms. The maximum atomic E-state index is 10.7. The number of benzene rings is 2. The number of hydrogen-bond acceptors (Lipinski definition) is 6. The zero-order chi connectivity index (χ0) is 17.8. The molecule has 1 aliphatic rings. The third-order valence-corrected chi connectivity index (χ3v) is 3.85. The van der Waals surface area contributed by atoms with Crippen molar-refractivity contribution in [2.75, 3.05) is 12.0 Å². The van der Waals surface area contributed by atoms with E-state index in [-0.39, 0.29) is 11.7 Å². The Morgan fingerprint density at radius 3 is 2.84 bits per heavy atom. The number of carbonyl (C=O) groups excluding carboxylic acids is 1. The van der Waals surface area contributed by atoms with Crippen LogP contribution < -0.4 is 20.0 Å². The van der Waals surface area contributed by atoms with Gasteiger partial charge in [-0.2, -0.15) is 5.10 Å². The number of nitrogens with zero attached hydrogens (tertiary/aromatic N) is 1. The van der Waals surface area contributed by atoms with Crippen LogP contribution in [0.3, 0.4) is 0 Å². The number of carboxylic acid groups (broad SMARTS) is 1. The van der Waals surface area contributed by atoms with Crippen molar-refractivity contribution < 1.29 is 19.4 Å². The normalized spacial score (nSPS) is 15.7. The number of nitrogens with one attached hydrogen (secondary N) is 1. The van der Waals surface area contributed by atoms with Gasteiger partial charge in [0.2, 0.25) is 0 Å². The number of hydrazone groups is 1. The van der Waals surface area contributed by atoms with E-state index in [0.717, 1.165) is 29.0 Å². The summed E-state index contributed by atoms with van der Waals surface area (Å²) in [5.41, 5.74) is 5.61. The van der Waals surface area contributed by atoms with E-state index in [1.807, 2.05) is 26.0 Å². The minimum absolute atomic E-state index is 0.123. The van der Waals surface area contributed by atoms with Gasteiger partial charge in [-0.1, -0.05) is 12.1 Å². The van der Waals surface area contributed by atoms with Gasteiger partial charge in [0.1, 0.15) is 17.6 Å². The summed E-state index contributed by atoms with van der Waals surface area (Å²) in [5.74, 6) is 0.413. The molecular weight excluding hydrogens is 320 g/mol. The van der Waals surface area contributed by atoms with Crippen molar-refractivity contribution in [2.24, 2.45) is 5.10 Å². The summed E-state index contributed by atoms with van der Waals surface area (Å²) in [7, 11) is 0. The topological polar surface area (TPSA) is 83.0 Å². The molecule has 3 rings (SSSR count). The Kier molecular flexibility index (Phi) is 4.88. The molecule has 0 spiro atoms. The zero-order valence-corrected chi connectivity index (χ0v) is 14.1. The summed E-state index contributed by atoms with van der Waals surface area (Å²) in [6.45, 7) is 4.53. The Morgan fingerprint density at radius 2 is 2.16 bits per heavy atom. The molecule has 6 nitrogen and oxygen atoms in total. The van der Waals surface area contributed by atoms with Gasteiger partial charge >= 0.3 is 0 Å². The van der Waals surface area contributed by atoms with E-state index >= 15 is 0 Å². The third-order valence-electron chi connectivity index (χ3n) is 3.85. The van der Waals surface area contributed by atoms with Crippen LogP contribution in [-0.4, -0.2) is 24.9 Å². The van der Waals surface area contributed by atoms with E-state index in [1.165, 1.54) is 12.1 Å². The lowest BCUT2D eigenvalue weighted by molar-refractivity contribution is -0.255. The Morgan fingerprint density at radius 1 is 1.40 bits per heavy atom. The van der Waals surface area contributed by atoms with Crippen LogP contribution >= 0.6 is 0 Å². The second-order valence-corrected chi connectivity index (χ2v) is 5.80. The van der Waals surface area contributed by atoms with Crippen LogP contribution in [0.15, 0.2) is 41.5 Å². The molecule has 130 valence electrons. The molecule has 2 aromatic rings. The van der Waals surface area contributed by atoms with Gasteiger partial charge in [0.05, 0.1) is 24.5 Å². The van der Waals surface area contributed by atoms with Gasteiger partial charge in [-0.25, -0.2) is 0 Å². The Labute approximate surface area is 146 Å². The number of ether oxygens (including phenoxy) is 2. The van der Waals surface area contributed by atoms with Crippen molar-refractivity contribution in [3.8, 4) is 11.5 Å². The predicted octanol–water partition coefficient (Wildman–Crippen LogP) is 2.22. The van der Waals surface area contributed by atoms with E-state index in [9.17, 15) is 9.90 Å². The van der Waals surface area contributed by atoms with Crippen LogP contribution in [0, 0.1) is 0 Å².